The van der Waals surface area contributed by atoms with Gasteiger partial charge in [-0.1, -0.05) is 41.9 Å². The number of carbonyl (C=O) groups excluding carboxylic acids is 2. The van der Waals surface area contributed by atoms with Crippen LogP contribution < -0.4 is 10.1 Å². The molecule has 0 fully saturated rings. The number of nitro groups is 1. The molecular formula is C21H15ClN2O6. The first-order valence-electron chi connectivity index (χ1n) is 8.67. The number of hydrogen-bond acceptors (Lipinski definition) is 6. The standard InChI is InChI=1S/C21H15ClN2O6/c22-17-12-14(24(27)28)10-11-16(17)21(26)29-13-20(25)23-18-8-4-5-9-19(18)30-15-6-2-1-3-7-15/h1-12H,13H2,(H,23,25). The van der Waals surface area contributed by atoms with Crippen LogP contribution in [-0.4, -0.2) is 23.4 Å². The SMILES string of the molecule is O=C(COC(=O)c1ccc([N+](=O)[O-])cc1Cl)Nc1ccccc1Oc1ccccc1. The Balaban J connectivity index is 1.61. The molecular weight excluding hydrogens is 412 g/mol. The summed E-state index contributed by atoms with van der Waals surface area (Å²) in [7, 11) is 0. The number of anilines is 1. The number of nitrogens with zero attached hydrogens (tertiary/aromatic N) is 1. The van der Waals surface area contributed by atoms with E-state index < -0.39 is 23.4 Å². The minimum Gasteiger partial charge on any atom is -0.455 e. The predicted octanol–water partition coefficient (Wildman–Crippen LogP) is 4.84. The topological polar surface area (TPSA) is 108 Å². The van der Waals surface area contributed by atoms with Gasteiger partial charge in [-0.2, -0.15) is 0 Å². The Morgan fingerprint density at radius 3 is 2.40 bits per heavy atom. The van der Waals surface area contributed by atoms with Gasteiger partial charge in [-0.25, -0.2) is 4.79 Å². The number of halogens is 1. The fourth-order valence-electron chi connectivity index (χ4n) is 2.45. The van der Waals surface area contributed by atoms with Crippen molar-refractivity contribution in [1.29, 1.82) is 0 Å². The van der Waals surface area contributed by atoms with Crippen LogP contribution in [0.4, 0.5) is 11.4 Å². The summed E-state index contributed by atoms with van der Waals surface area (Å²) >= 11 is 5.89. The molecule has 1 amide bonds. The van der Waals surface area contributed by atoms with Gasteiger partial charge in [-0.05, 0) is 30.3 Å². The Hall–Kier alpha value is -3.91. The zero-order valence-corrected chi connectivity index (χ0v) is 16.2. The summed E-state index contributed by atoms with van der Waals surface area (Å²) in [4.78, 5) is 34.4. The van der Waals surface area contributed by atoms with Gasteiger partial charge in [0.25, 0.3) is 11.6 Å². The molecule has 0 aliphatic heterocycles. The monoisotopic (exact) mass is 426 g/mol. The molecule has 8 nitrogen and oxygen atoms in total. The maximum Gasteiger partial charge on any atom is 0.340 e. The summed E-state index contributed by atoms with van der Waals surface area (Å²) < 4.78 is 10.7. The van der Waals surface area contributed by atoms with Crippen LogP contribution in [0.1, 0.15) is 10.4 Å². The van der Waals surface area contributed by atoms with Gasteiger partial charge in [0.05, 0.1) is 21.2 Å². The summed E-state index contributed by atoms with van der Waals surface area (Å²) in [5.41, 5.74) is 0.0583. The molecule has 0 saturated heterocycles. The quantitative estimate of drug-likeness (QED) is 0.329. The minimum absolute atomic E-state index is 0.0807. The number of para-hydroxylation sites is 3. The highest BCUT2D eigenvalue weighted by atomic mass is 35.5. The Bertz CT molecular complexity index is 1090. The van der Waals surface area contributed by atoms with E-state index in [9.17, 15) is 19.7 Å². The molecule has 30 heavy (non-hydrogen) atoms. The number of ether oxygens (including phenoxy) is 2. The molecule has 0 atom stereocenters. The van der Waals surface area contributed by atoms with Crippen LogP contribution in [0.3, 0.4) is 0 Å². The van der Waals surface area contributed by atoms with Crippen molar-refractivity contribution < 1.29 is 24.0 Å². The molecule has 0 saturated carbocycles. The first-order chi connectivity index (χ1) is 14.4. The predicted molar refractivity (Wildman–Crippen MR) is 110 cm³/mol. The molecule has 152 valence electrons. The molecule has 0 spiro atoms. The van der Waals surface area contributed by atoms with Gasteiger partial charge >= 0.3 is 5.97 Å². The van der Waals surface area contributed by atoms with Gasteiger partial charge in [-0.15, -0.1) is 0 Å². The molecule has 1 N–H and O–H groups in total. The van der Waals surface area contributed by atoms with Crippen molar-refractivity contribution >= 4 is 34.9 Å². The van der Waals surface area contributed by atoms with Gasteiger partial charge in [0.15, 0.2) is 12.4 Å². The number of rotatable bonds is 7. The fraction of sp³-hybridized carbons (Fsp3) is 0.0476. The van der Waals surface area contributed by atoms with Crippen molar-refractivity contribution in [2.75, 3.05) is 11.9 Å². The third kappa shape index (κ3) is 5.33. The van der Waals surface area contributed by atoms with Crippen LogP contribution in [0.2, 0.25) is 5.02 Å². The summed E-state index contributed by atoms with van der Waals surface area (Å²) in [5.74, 6) is -0.454. The number of non-ortho nitro benzene ring substituents is 1. The van der Waals surface area contributed by atoms with Crippen molar-refractivity contribution in [2.24, 2.45) is 0 Å². The van der Waals surface area contributed by atoms with Gasteiger partial charge in [-0.3, -0.25) is 14.9 Å². The molecule has 0 unspecified atom stereocenters. The third-order valence-corrected chi connectivity index (χ3v) is 4.16. The molecule has 0 heterocycles. The minimum atomic E-state index is -0.876. The zero-order chi connectivity index (χ0) is 21.5. The largest absolute Gasteiger partial charge is 0.455 e. The lowest BCUT2D eigenvalue weighted by Gasteiger charge is -2.12. The highest BCUT2D eigenvalue weighted by Gasteiger charge is 2.17. The lowest BCUT2D eigenvalue weighted by Crippen LogP contribution is -2.21. The average molecular weight is 427 g/mol. The van der Waals surface area contributed by atoms with E-state index in [2.05, 4.69) is 5.32 Å². The van der Waals surface area contributed by atoms with E-state index in [0.29, 0.717) is 17.2 Å². The van der Waals surface area contributed by atoms with E-state index in [1.807, 2.05) is 18.2 Å². The summed E-state index contributed by atoms with van der Waals surface area (Å²) in [6, 6.07) is 19.2. The number of carbonyl (C=O) groups is 2. The normalized spacial score (nSPS) is 10.2. The number of nitro benzene ring substituents is 1. The van der Waals surface area contributed by atoms with Crippen molar-refractivity contribution in [3.8, 4) is 11.5 Å². The maximum absolute atomic E-state index is 12.2. The second kappa shape index (κ2) is 9.53. The van der Waals surface area contributed by atoms with Crippen molar-refractivity contribution in [1.82, 2.24) is 0 Å². The molecule has 0 aromatic heterocycles. The second-order valence-corrected chi connectivity index (χ2v) is 6.36. The molecule has 9 heteroatoms. The fourth-order valence-corrected chi connectivity index (χ4v) is 2.70. The van der Waals surface area contributed by atoms with Crippen molar-refractivity contribution in [3.63, 3.8) is 0 Å². The van der Waals surface area contributed by atoms with Crippen LogP contribution in [0.25, 0.3) is 0 Å². The van der Waals surface area contributed by atoms with Gasteiger partial charge in [0.1, 0.15) is 5.75 Å². The van der Waals surface area contributed by atoms with Crippen LogP contribution in [0.5, 0.6) is 11.5 Å². The number of amides is 1. The van der Waals surface area contributed by atoms with E-state index in [1.165, 1.54) is 6.07 Å². The maximum atomic E-state index is 12.2. The molecule has 3 aromatic carbocycles. The second-order valence-electron chi connectivity index (χ2n) is 5.96. The highest BCUT2D eigenvalue weighted by molar-refractivity contribution is 6.33. The molecule has 0 bridgehead atoms. The van der Waals surface area contributed by atoms with Gasteiger partial charge in [0.2, 0.25) is 0 Å². The van der Waals surface area contributed by atoms with Crippen LogP contribution in [-0.2, 0) is 9.53 Å². The van der Waals surface area contributed by atoms with Gasteiger partial charge in [0, 0.05) is 12.1 Å². The number of benzene rings is 3. The summed E-state index contributed by atoms with van der Waals surface area (Å²) in [6.07, 6.45) is 0. The smallest absolute Gasteiger partial charge is 0.340 e. The Morgan fingerprint density at radius 2 is 1.70 bits per heavy atom. The number of esters is 1. The number of hydrogen-bond donors (Lipinski definition) is 1. The molecule has 0 aliphatic rings. The molecule has 3 aromatic rings. The van der Waals surface area contributed by atoms with E-state index in [0.717, 1.165) is 12.1 Å². The van der Waals surface area contributed by atoms with Gasteiger partial charge < -0.3 is 14.8 Å². The summed E-state index contributed by atoms with van der Waals surface area (Å²) in [5, 5.41) is 13.2. The average Bonchev–Trinajstić information content (AvgIpc) is 2.74. The third-order valence-electron chi connectivity index (χ3n) is 3.85. The van der Waals surface area contributed by atoms with Crippen molar-refractivity contribution in [2.45, 2.75) is 0 Å². The van der Waals surface area contributed by atoms with Crippen LogP contribution in [0.15, 0.2) is 72.8 Å². The zero-order valence-electron chi connectivity index (χ0n) is 15.4. The van der Waals surface area contributed by atoms with E-state index in [1.54, 1.807) is 36.4 Å². The van der Waals surface area contributed by atoms with Crippen molar-refractivity contribution in [3.05, 3.63) is 93.5 Å². The number of nitrogens with one attached hydrogen (secondary N) is 1. The Labute approximate surface area is 176 Å². The molecule has 3 rings (SSSR count). The Kier molecular flexibility index (Phi) is 6.61. The van der Waals surface area contributed by atoms with E-state index >= 15 is 0 Å². The van der Waals surface area contributed by atoms with Crippen LogP contribution >= 0.6 is 11.6 Å². The lowest BCUT2D eigenvalue weighted by atomic mass is 10.2. The molecule has 0 aliphatic carbocycles. The van der Waals surface area contributed by atoms with E-state index in [-0.39, 0.29) is 16.3 Å². The summed E-state index contributed by atoms with van der Waals surface area (Å²) in [6.45, 7) is -0.578. The molecule has 0 radical (unpaired) electrons. The van der Waals surface area contributed by atoms with Crippen LogP contribution in [0, 0.1) is 10.1 Å². The highest BCUT2D eigenvalue weighted by Crippen LogP contribution is 2.29. The Morgan fingerprint density at radius 1 is 1.00 bits per heavy atom. The first-order valence-corrected chi connectivity index (χ1v) is 9.04. The lowest BCUT2D eigenvalue weighted by molar-refractivity contribution is -0.384. The van der Waals surface area contributed by atoms with E-state index in [4.69, 9.17) is 21.1 Å². The first kappa shape index (κ1) is 20.8.